The second kappa shape index (κ2) is 5.95. The van der Waals surface area contributed by atoms with E-state index in [0.717, 1.165) is 59.5 Å². The van der Waals surface area contributed by atoms with Crippen LogP contribution in [0.25, 0.3) is 5.70 Å². The zero-order chi connectivity index (χ0) is 18.8. The average Bonchev–Trinajstić information content (AvgIpc) is 2.94. The summed E-state index contributed by atoms with van der Waals surface area (Å²) in [6.07, 6.45) is 13.7. The van der Waals surface area contributed by atoms with Gasteiger partial charge in [0.15, 0.2) is 5.78 Å². The monoisotopic (exact) mass is 364 g/mol. The van der Waals surface area contributed by atoms with E-state index in [1.165, 1.54) is 19.3 Å². The van der Waals surface area contributed by atoms with Crippen molar-refractivity contribution in [2.45, 2.75) is 64.3 Å². The minimum atomic E-state index is 0.0276. The predicted octanol–water partition coefficient (Wildman–Crippen LogP) is 4.26. The number of carbonyl (C=O) groups is 2. The number of hydrogen-bond acceptors (Lipinski definition) is 2. The van der Waals surface area contributed by atoms with Gasteiger partial charge in [0, 0.05) is 23.1 Å². The Morgan fingerprint density at radius 3 is 2.30 bits per heavy atom. The summed E-state index contributed by atoms with van der Waals surface area (Å²) in [4.78, 5) is 25.1. The molecule has 1 heterocycles. The Morgan fingerprint density at radius 1 is 1.07 bits per heavy atom. The molecule has 4 bridgehead atoms. The summed E-state index contributed by atoms with van der Waals surface area (Å²) in [5.41, 5.74) is 3.61. The summed E-state index contributed by atoms with van der Waals surface area (Å²) in [5.74, 6) is 2.63. The summed E-state index contributed by atoms with van der Waals surface area (Å²) in [6, 6.07) is 1.91. The van der Waals surface area contributed by atoms with Gasteiger partial charge in [0.05, 0.1) is 12.0 Å². The van der Waals surface area contributed by atoms with Crippen LogP contribution in [0.3, 0.4) is 0 Å². The Bertz CT molecular complexity index is 851. The summed E-state index contributed by atoms with van der Waals surface area (Å²) in [6.45, 7) is 3.92. The highest BCUT2D eigenvalue weighted by molar-refractivity contribution is 6.00. The van der Waals surface area contributed by atoms with Gasteiger partial charge in [0.25, 0.3) is 5.91 Å². The maximum absolute atomic E-state index is 13.2. The lowest BCUT2D eigenvalue weighted by Crippen LogP contribution is -2.59. The van der Waals surface area contributed by atoms with Crippen molar-refractivity contribution in [3.8, 4) is 0 Å². The quantitative estimate of drug-likeness (QED) is 0.871. The molecule has 4 fully saturated rings. The minimum absolute atomic E-state index is 0.0276. The van der Waals surface area contributed by atoms with Gasteiger partial charge in [0.2, 0.25) is 0 Å². The average molecular weight is 364 g/mol. The zero-order valence-electron chi connectivity index (χ0n) is 16.3. The van der Waals surface area contributed by atoms with Gasteiger partial charge in [-0.2, -0.15) is 0 Å². The van der Waals surface area contributed by atoms with Gasteiger partial charge in [-0.05, 0) is 93.9 Å². The van der Waals surface area contributed by atoms with Gasteiger partial charge in [-0.25, -0.2) is 0 Å². The Labute approximate surface area is 160 Å². The second-order valence-corrected chi connectivity index (χ2v) is 9.50. The van der Waals surface area contributed by atoms with Crippen LogP contribution in [0.4, 0.5) is 0 Å². The molecule has 0 spiro atoms. The lowest BCUT2D eigenvalue weighted by molar-refractivity contribution is -0.113. The third kappa shape index (κ3) is 2.90. The van der Waals surface area contributed by atoms with Crippen LogP contribution >= 0.6 is 0 Å². The second-order valence-electron chi connectivity index (χ2n) is 9.50. The summed E-state index contributed by atoms with van der Waals surface area (Å²) >= 11 is 0. The van der Waals surface area contributed by atoms with E-state index in [4.69, 9.17) is 0 Å². The smallest absolute Gasteiger partial charge is 0.253 e. The number of rotatable bonds is 3. The molecule has 4 heteroatoms. The van der Waals surface area contributed by atoms with Crippen LogP contribution in [0, 0.1) is 24.7 Å². The molecule has 1 N–H and O–H groups in total. The number of nitrogens with one attached hydrogen (secondary N) is 1. The molecule has 0 saturated heterocycles. The van der Waals surface area contributed by atoms with Gasteiger partial charge in [-0.1, -0.05) is 0 Å². The Hall–Kier alpha value is -2.10. The largest absolute Gasteiger partial charge is 0.347 e. The van der Waals surface area contributed by atoms with Crippen molar-refractivity contribution in [3.05, 3.63) is 41.2 Å². The molecule has 6 rings (SSSR count). The fraction of sp³-hybridized carbons (Fsp3) is 0.565. The highest BCUT2D eigenvalue weighted by Crippen LogP contribution is 2.55. The zero-order valence-corrected chi connectivity index (χ0v) is 16.3. The number of hydrogen-bond donors (Lipinski definition) is 1. The SMILES string of the molecule is CC1=CC(=O)CC(n2ccc(C(=O)NC34CC5CC(CC(C5)C3)C4)c2C)=C1. The van der Waals surface area contributed by atoms with Gasteiger partial charge < -0.3 is 9.88 Å². The van der Waals surface area contributed by atoms with E-state index >= 15 is 0 Å². The third-order valence-corrected chi connectivity index (χ3v) is 7.25. The molecule has 0 aromatic carbocycles. The molecule has 0 radical (unpaired) electrons. The van der Waals surface area contributed by atoms with E-state index in [-0.39, 0.29) is 17.2 Å². The molecule has 5 aliphatic carbocycles. The predicted molar refractivity (Wildman–Crippen MR) is 105 cm³/mol. The molecule has 1 aromatic heterocycles. The molecule has 0 unspecified atom stereocenters. The van der Waals surface area contributed by atoms with Gasteiger partial charge in [-0.15, -0.1) is 0 Å². The van der Waals surface area contributed by atoms with Crippen molar-refractivity contribution in [1.29, 1.82) is 0 Å². The first-order chi connectivity index (χ1) is 12.9. The van der Waals surface area contributed by atoms with Crippen molar-refractivity contribution in [2.75, 3.05) is 0 Å². The Balaban J connectivity index is 1.38. The molecule has 0 atom stereocenters. The molecule has 1 amide bonds. The van der Waals surface area contributed by atoms with Crippen molar-refractivity contribution < 1.29 is 9.59 Å². The molecular formula is C23H28N2O2. The normalized spacial score (nSPS) is 34.4. The fourth-order valence-corrected chi connectivity index (χ4v) is 6.63. The third-order valence-electron chi connectivity index (χ3n) is 7.25. The van der Waals surface area contributed by atoms with Gasteiger partial charge in [-0.3, -0.25) is 9.59 Å². The van der Waals surface area contributed by atoms with E-state index in [9.17, 15) is 9.59 Å². The van der Waals surface area contributed by atoms with Crippen LogP contribution in [-0.4, -0.2) is 21.8 Å². The topological polar surface area (TPSA) is 51.1 Å². The van der Waals surface area contributed by atoms with Crippen molar-refractivity contribution in [1.82, 2.24) is 9.88 Å². The summed E-state index contributed by atoms with van der Waals surface area (Å²) < 4.78 is 2.00. The van der Waals surface area contributed by atoms with E-state index in [1.807, 2.05) is 36.8 Å². The summed E-state index contributed by atoms with van der Waals surface area (Å²) in [5, 5.41) is 3.47. The van der Waals surface area contributed by atoms with Crippen LogP contribution in [-0.2, 0) is 4.79 Å². The number of amides is 1. The van der Waals surface area contributed by atoms with Crippen LogP contribution in [0.15, 0.2) is 30.0 Å². The van der Waals surface area contributed by atoms with Crippen LogP contribution < -0.4 is 5.32 Å². The molecular weight excluding hydrogens is 336 g/mol. The molecule has 4 nitrogen and oxygen atoms in total. The van der Waals surface area contributed by atoms with Crippen molar-refractivity contribution >= 4 is 17.4 Å². The van der Waals surface area contributed by atoms with E-state index < -0.39 is 0 Å². The number of ketones is 1. The maximum atomic E-state index is 13.2. The van der Waals surface area contributed by atoms with Crippen molar-refractivity contribution in [3.63, 3.8) is 0 Å². The van der Waals surface area contributed by atoms with Crippen LogP contribution in [0.1, 0.15) is 67.9 Å². The Morgan fingerprint density at radius 2 is 1.70 bits per heavy atom. The van der Waals surface area contributed by atoms with E-state index in [0.29, 0.717) is 6.42 Å². The molecule has 0 aliphatic heterocycles. The molecule has 27 heavy (non-hydrogen) atoms. The first-order valence-electron chi connectivity index (χ1n) is 10.3. The summed E-state index contributed by atoms with van der Waals surface area (Å²) in [7, 11) is 0. The van der Waals surface area contributed by atoms with E-state index in [1.54, 1.807) is 6.08 Å². The first-order valence-corrected chi connectivity index (χ1v) is 10.3. The number of allylic oxidation sites excluding steroid dienone is 4. The number of nitrogens with zero attached hydrogens (tertiary/aromatic N) is 1. The molecule has 4 saturated carbocycles. The van der Waals surface area contributed by atoms with Gasteiger partial charge in [0.1, 0.15) is 0 Å². The maximum Gasteiger partial charge on any atom is 0.253 e. The van der Waals surface area contributed by atoms with Crippen LogP contribution in [0.2, 0.25) is 0 Å². The number of aromatic nitrogens is 1. The van der Waals surface area contributed by atoms with Crippen LogP contribution in [0.5, 0.6) is 0 Å². The molecule has 142 valence electrons. The highest BCUT2D eigenvalue weighted by Gasteiger charge is 2.51. The molecule has 5 aliphatic rings. The number of carbonyl (C=O) groups excluding carboxylic acids is 2. The van der Waals surface area contributed by atoms with Crippen molar-refractivity contribution in [2.24, 2.45) is 17.8 Å². The molecule has 1 aromatic rings. The first kappa shape index (κ1) is 17.0. The lowest BCUT2D eigenvalue weighted by atomic mass is 9.53. The van der Waals surface area contributed by atoms with Gasteiger partial charge >= 0.3 is 0 Å². The lowest BCUT2D eigenvalue weighted by Gasteiger charge is -2.56. The Kier molecular flexibility index (Phi) is 3.75. The highest BCUT2D eigenvalue weighted by atomic mass is 16.2. The van der Waals surface area contributed by atoms with E-state index in [2.05, 4.69) is 5.32 Å². The standard InChI is InChI=1S/C23H28N2O2/c1-14-5-19(10-20(26)6-14)25-4-3-21(15(25)2)22(27)24-23-11-16-7-17(12-23)9-18(8-16)13-23/h3-6,16-18H,7-13H2,1-2H3,(H,24,27). The minimum Gasteiger partial charge on any atom is -0.347 e. The fourth-order valence-electron chi connectivity index (χ4n) is 6.63.